The summed E-state index contributed by atoms with van der Waals surface area (Å²) < 4.78 is 7.44. The lowest BCUT2D eigenvalue weighted by atomic mass is 9.83. The molecule has 2 aliphatic heterocycles. The van der Waals surface area contributed by atoms with Gasteiger partial charge in [0.1, 0.15) is 0 Å². The number of nitrogens with one attached hydrogen (secondary N) is 1. The summed E-state index contributed by atoms with van der Waals surface area (Å²) in [5, 5.41) is 8.46. The van der Waals surface area contributed by atoms with E-state index in [4.69, 9.17) is 19.8 Å². The molecule has 0 aromatic carbocycles. The first kappa shape index (κ1) is 17.9. The summed E-state index contributed by atoms with van der Waals surface area (Å²) >= 11 is 0. The van der Waals surface area contributed by atoms with Crippen LogP contribution in [0, 0.1) is 5.92 Å². The standard InChI is InChI=1S/C18H31N7O/c1-23(2)8-4-7-19-15-6-3-5-14-13-25-17(20-16(14)15)21-18(22-25)24-9-11-26-12-10-24/h14-15,19H,3-13H2,1-2H3. The van der Waals surface area contributed by atoms with Crippen LogP contribution in [0.25, 0.3) is 0 Å². The third-order valence-corrected chi connectivity index (χ3v) is 5.55. The summed E-state index contributed by atoms with van der Waals surface area (Å²) in [6.07, 6.45) is 4.82. The Bertz CT molecular complexity index is 635. The Hall–Kier alpha value is -1.51. The average molecular weight is 361 g/mol. The van der Waals surface area contributed by atoms with Gasteiger partial charge in [-0.1, -0.05) is 6.42 Å². The molecule has 0 spiro atoms. The van der Waals surface area contributed by atoms with Gasteiger partial charge in [0.2, 0.25) is 11.9 Å². The number of aliphatic imine (C=N–C) groups is 1. The Morgan fingerprint density at radius 2 is 2.08 bits per heavy atom. The van der Waals surface area contributed by atoms with Crippen molar-refractivity contribution in [2.24, 2.45) is 10.9 Å². The van der Waals surface area contributed by atoms with E-state index in [1.807, 2.05) is 4.68 Å². The van der Waals surface area contributed by atoms with Crippen LogP contribution in [0.2, 0.25) is 0 Å². The second-order valence-corrected chi connectivity index (χ2v) is 7.82. The first-order valence-electron chi connectivity index (χ1n) is 9.95. The molecule has 8 heteroatoms. The fourth-order valence-electron chi connectivity index (χ4n) is 4.13. The molecule has 0 bridgehead atoms. The van der Waals surface area contributed by atoms with E-state index in [-0.39, 0.29) is 0 Å². The summed E-state index contributed by atoms with van der Waals surface area (Å²) in [6, 6.07) is 0.396. The van der Waals surface area contributed by atoms with Gasteiger partial charge in [0.25, 0.3) is 0 Å². The number of ether oxygens (including phenoxy) is 1. The smallest absolute Gasteiger partial charge is 0.249 e. The van der Waals surface area contributed by atoms with Gasteiger partial charge in [0.05, 0.1) is 19.8 Å². The third kappa shape index (κ3) is 3.92. The second-order valence-electron chi connectivity index (χ2n) is 7.82. The highest BCUT2D eigenvalue weighted by Crippen LogP contribution is 2.31. The number of rotatable bonds is 6. The molecule has 3 heterocycles. The van der Waals surface area contributed by atoms with E-state index in [0.717, 1.165) is 57.8 Å². The number of aromatic nitrogens is 3. The maximum absolute atomic E-state index is 5.43. The summed E-state index contributed by atoms with van der Waals surface area (Å²) in [6.45, 7) is 6.30. The van der Waals surface area contributed by atoms with Gasteiger partial charge in [-0.05, 0) is 46.4 Å². The van der Waals surface area contributed by atoms with Crippen LogP contribution < -0.4 is 10.2 Å². The third-order valence-electron chi connectivity index (χ3n) is 5.55. The fraction of sp³-hybridized carbons (Fsp3) is 0.833. The molecule has 1 saturated heterocycles. The minimum absolute atomic E-state index is 0.396. The molecule has 2 unspecified atom stereocenters. The molecule has 1 N–H and O–H groups in total. The molecule has 1 aliphatic carbocycles. The molecule has 8 nitrogen and oxygen atoms in total. The number of anilines is 1. The van der Waals surface area contributed by atoms with Crippen molar-refractivity contribution in [3.05, 3.63) is 0 Å². The first-order valence-corrected chi connectivity index (χ1v) is 9.95. The summed E-state index contributed by atoms with van der Waals surface area (Å²) in [5.41, 5.74) is 1.30. The molecule has 144 valence electrons. The van der Waals surface area contributed by atoms with Crippen LogP contribution in [0.3, 0.4) is 0 Å². The summed E-state index contributed by atoms with van der Waals surface area (Å²) in [7, 11) is 4.25. The molecule has 1 aromatic rings. The van der Waals surface area contributed by atoms with Gasteiger partial charge in [-0.2, -0.15) is 4.98 Å². The Morgan fingerprint density at radius 3 is 2.88 bits per heavy atom. The number of morpholine rings is 1. The number of hydrogen-bond donors (Lipinski definition) is 1. The SMILES string of the molecule is CN(C)CCCNC1CCCC2Cn3nc(N4CCOCC4)nc3N=C21. The van der Waals surface area contributed by atoms with Gasteiger partial charge >= 0.3 is 0 Å². The topological polar surface area (TPSA) is 70.8 Å². The van der Waals surface area contributed by atoms with Crippen molar-refractivity contribution >= 4 is 17.6 Å². The molecule has 26 heavy (non-hydrogen) atoms. The van der Waals surface area contributed by atoms with Crippen molar-refractivity contribution in [3.63, 3.8) is 0 Å². The van der Waals surface area contributed by atoms with Crippen LogP contribution in [0.1, 0.15) is 25.7 Å². The quantitative estimate of drug-likeness (QED) is 0.760. The van der Waals surface area contributed by atoms with Gasteiger partial charge in [-0.15, -0.1) is 5.10 Å². The minimum Gasteiger partial charge on any atom is -0.378 e. The molecular formula is C18H31N7O. The van der Waals surface area contributed by atoms with Crippen molar-refractivity contribution in [1.82, 2.24) is 25.0 Å². The van der Waals surface area contributed by atoms with Crippen molar-refractivity contribution < 1.29 is 4.74 Å². The van der Waals surface area contributed by atoms with Crippen LogP contribution in [0.15, 0.2) is 4.99 Å². The highest BCUT2D eigenvalue weighted by Gasteiger charge is 2.34. The number of hydrogen-bond acceptors (Lipinski definition) is 7. The van der Waals surface area contributed by atoms with E-state index in [1.54, 1.807) is 0 Å². The Labute approximate surface area is 155 Å². The van der Waals surface area contributed by atoms with Gasteiger partial charge < -0.3 is 19.9 Å². The largest absolute Gasteiger partial charge is 0.378 e. The maximum Gasteiger partial charge on any atom is 0.249 e. The van der Waals surface area contributed by atoms with Crippen molar-refractivity contribution in [3.8, 4) is 0 Å². The Kier molecular flexibility index (Phi) is 5.52. The van der Waals surface area contributed by atoms with E-state index >= 15 is 0 Å². The maximum atomic E-state index is 5.43. The molecule has 0 amide bonds. The minimum atomic E-state index is 0.396. The predicted molar refractivity (Wildman–Crippen MR) is 102 cm³/mol. The van der Waals surface area contributed by atoms with E-state index < -0.39 is 0 Å². The van der Waals surface area contributed by atoms with Crippen molar-refractivity contribution in [2.75, 3.05) is 58.4 Å². The zero-order valence-corrected chi connectivity index (χ0v) is 16.0. The highest BCUT2D eigenvalue weighted by atomic mass is 16.5. The van der Waals surface area contributed by atoms with Crippen LogP contribution >= 0.6 is 0 Å². The molecule has 1 saturated carbocycles. The monoisotopic (exact) mass is 361 g/mol. The molecule has 2 fully saturated rings. The highest BCUT2D eigenvalue weighted by molar-refractivity contribution is 5.94. The number of fused-ring (bicyclic) bond motifs is 2. The van der Waals surface area contributed by atoms with Crippen molar-refractivity contribution in [1.29, 1.82) is 0 Å². The van der Waals surface area contributed by atoms with Crippen LogP contribution in [-0.4, -0.2) is 84.9 Å². The molecular weight excluding hydrogens is 330 g/mol. The van der Waals surface area contributed by atoms with Gasteiger partial charge in [-0.3, -0.25) is 0 Å². The summed E-state index contributed by atoms with van der Waals surface area (Å²) in [5.74, 6) is 2.09. The van der Waals surface area contributed by atoms with Gasteiger partial charge in [-0.25, -0.2) is 9.67 Å². The van der Waals surface area contributed by atoms with E-state index in [9.17, 15) is 0 Å². The summed E-state index contributed by atoms with van der Waals surface area (Å²) in [4.78, 5) is 14.1. The lowest BCUT2D eigenvalue weighted by Gasteiger charge is -2.34. The van der Waals surface area contributed by atoms with E-state index in [0.29, 0.717) is 12.0 Å². The van der Waals surface area contributed by atoms with Gasteiger partial charge in [0.15, 0.2) is 0 Å². The Balaban J connectivity index is 1.45. The van der Waals surface area contributed by atoms with E-state index in [1.165, 1.54) is 31.4 Å². The molecule has 3 aliphatic rings. The first-order chi connectivity index (χ1) is 12.7. The lowest BCUT2D eigenvalue weighted by molar-refractivity contribution is 0.122. The van der Waals surface area contributed by atoms with Gasteiger partial charge in [0, 0.05) is 30.8 Å². The molecule has 2 atom stereocenters. The number of nitrogens with zero attached hydrogens (tertiary/aromatic N) is 6. The zero-order valence-electron chi connectivity index (χ0n) is 16.0. The molecule has 1 aromatic heterocycles. The predicted octanol–water partition coefficient (Wildman–Crippen LogP) is 0.911. The lowest BCUT2D eigenvalue weighted by Crippen LogP contribution is -2.46. The average Bonchev–Trinajstić information content (AvgIpc) is 3.07. The molecule has 4 rings (SSSR count). The molecule has 0 radical (unpaired) electrons. The fourth-order valence-corrected chi connectivity index (χ4v) is 4.13. The van der Waals surface area contributed by atoms with E-state index in [2.05, 4.69) is 29.2 Å². The normalized spacial score (nSPS) is 25.8. The van der Waals surface area contributed by atoms with Crippen LogP contribution in [-0.2, 0) is 11.3 Å². The Morgan fingerprint density at radius 1 is 1.23 bits per heavy atom. The van der Waals surface area contributed by atoms with Crippen LogP contribution in [0.5, 0.6) is 0 Å². The van der Waals surface area contributed by atoms with Crippen molar-refractivity contribution in [2.45, 2.75) is 38.3 Å². The zero-order chi connectivity index (χ0) is 17.9. The van der Waals surface area contributed by atoms with Crippen LogP contribution in [0.4, 0.5) is 11.9 Å². The second kappa shape index (κ2) is 8.02.